The highest BCUT2D eigenvalue weighted by Crippen LogP contribution is 2.25. The first-order chi connectivity index (χ1) is 28.7. The molecule has 0 saturated carbocycles. The maximum atomic E-state index is 10.4. The van der Waals surface area contributed by atoms with Crippen LogP contribution >= 0.6 is 0 Å². The predicted molar refractivity (Wildman–Crippen MR) is 245 cm³/mol. The van der Waals surface area contributed by atoms with Crippen molar-refractivity contribution in [2.24, 2.45) is 0 Å². The van der Waals surface area contributed by atoms with E-state index in [1.165, 1.54) is 41.5 Å². The molecule has 0 aliphatic rings. The minimum Gasteiger partial charge on any atom is -0.219 e. The number of hydrogen-bond acceptors (Lipinski definition) is 3. The van der Waals surface area contributed by atoms with E-state index in [4.69, 9.17) is 9.97 Å². The third kappa shape index (κ3) is 6.51. The van der Waals surface area contributed by atoms with Crippen LogP contribution in [0.4, 0.5) is 0 Å². The SMILES string of the molecule is N#Cc1nc(-c2cccc([Si](c3ccccc3)(c3ccccc3)c3ccccc3)c2)cc(-c2cccc([Si](c3ccccc3)(c3ccccc3)c3ccccc3)c2)n1. The molecule has 9 rings (SSSR count). The van der Waals surface area contributed by atoms with Crippen molar-refractivity contribution < 1.29 is 0 Å². The van der Waals surface area contributed by atoms with Crippen molar-refractivity contribution in [2.75, 3.05) is 0 Å². The molecule has 0 aliphatic heterocycles. The minimum atomic E-state index is -2.79. The first kappa shape index (κ1) is 36.4. The van der Waals surface area contributed by atoms with E-state index in [1.807, 2.05) is 6.07 Å². The molecular weight excluding hydrogens is 735 g/mol. The zero-order valence-corrected chi connectivity index (χ0v) is 33.9. The van der Waals surface area contributed by atoms with Gasteiger partial charge in [-0.15, -0.1) is 0 Å². The topological polar surface area (TPSA) is 49.6 Å². The molecular formula is C53H39N3Si2. The Labute approximate surface area is 342 Å². The largest absolute Gasteiger partial charge is 0.233 e. The Morgan fingerprint density at radius 2 is 0.552 bits per heavy atom. The Kier molecular flexibility index (Phi) is 10.1. The van der Waals surface area contributed by atoms with E-state index in [9.17, 15) is 5.26 Å². The van der Waals surface area contributed by atoms with Crippen molar-refractivity contribution in [1.29, 1.82) is 5.26 Å². The van der Waals surface area contributed by atoms with Crippen LogP contribution in [-0.4, -0.2) is 26.1 Å². The van der Waals surface area contributed by atoms with Gasteiger partial charge < -0.3 is 0 Å². The van der Waals surface area contributed by atoms with Crippen molar-refractivity contribution >= 4 is 57.6 Å². The van der Waals surface area contributed by atoms with Gasteiger partial charge in [-0.05, 0) is 47.6 Å². The fourth-order valence-corrected chi connectivity index (χ4v) is 18.3. The van der Waals surface area contributed by atoms with Crippen LogP contribution in [-0.2, 0) is 0 Å². The molecule has 0 atom stereocenters. The molecule has 274 valence electrons. The molecule has 0 amide bonds. The van der Waals surface area contributed by atoms with Crippen LogP contribution in [0.25, 0.3) is 22.5 Å². The zero-order valence-electron chi connectivity index (χ0n) is 31.9. The number of hydrogen-bond donors (Lipinski definition) is 0. The summed E-state index contributed by atoms with van der Waals surface area (Å²) in [4.78, 5) is 9.71. The number of nitriles is 1. The molecule has 0 aliphatic carbocycles. The van der Waals surface area contributed by atoms with E-state index < -0.39 is 16.1 Å². The molecule has 0 unspecified atom stereocenters. The van der Waals surface area contributed by atoms with Gasteiger partial charge in [-0.1, -0.05) is 231 Å². The molecule has 0 spiro atoms. The summed E-state index contributed by atoms with van der Waals surface area (Å²) in [6.07, 6.45) is 0. The molecule has 0 saturated heterocycles. The van der Waals surface area contributed by atoms with Crippen LogP contribution in [0.5, 0.6) is 0 Å². The number of aromatic nitrogens is 2. The maximum Gasteiger partial charge on any atom is 0.233 e. The van der Waals surface area contributed by atoms with E-state index in [1.54, 1.807) is 0 Å². The van der Waals surface area contributed by atoms with Crippen LogP contribution in [0.3, 0.4) is 0 Å². The number of rotatable bonds is 10. The van der Waals surface area contributed by atoms with Crippen molar-refractivity contribution in [3.63, 3.8) is 0 Å². The molecule has 1 heterocycles. The second-order valence-corrected chi connectivity index (χ2v) is 22.1. The summed E-state index contributed by atoms with van der Waals surface area (Å²) in [7, 11) is -5.59. The fraction of sp³-hybridized carbons (Fsp3) is 0. The predicted octanol–water partition coefficient (Wildman–Crippen LogP) is 6.44. The van der Waals surface area contributed by atoms with Gasteiger partial charge in [-0.3, -0.25) is 0 Å². The standard InChI is InChI=1S/C53H39N3Si2/c54-40-53-55-51(41-21-19-35-49(37-41)57(43-23-7-1-8-24-43,44-25-9-2-10-26-44)45-27-11-3-12-28-45)39-52(56-53)42-22-20-36-50(38-42)58(46-29-13-4-14-30-46,47-31-15-5-16-32-47)48-33-17-6-18-34-48/h1-39H. The van der Waals surface area contributed by atoms with E-state index in [-0.39, 0.29) is 5.82 Å². The van der Waals surface area contributed by atoms with E-state index >= 15 is 0 Å². The summed E-state index contributed by atoms with van der Waals surface area (Å²) in [6, 6.07) is 87.4. The van der Waals surface area contributed by atoms with Gasteiger partial charge in [0.05, 0.1) is 11.4 Å². The van der Waals surface area contributed by atoms with Gasteiger partial charge in [0.1, 0.15) is 6.07 Å². The summed E-state index contributed by atoms with van der Waals surface area (Å²) < 4.78 is 0. The lowest BCUT2D eigenvalue weighted by Gasteiger charge is -2.34. The van der Waals surface area contributed by atoms with Crippen molar-refractivity contribution in [3.05, 3.63) is 242 Å². The fourth-order valence-electron chi connectivity index (χ4n) is 8.75. The molecule has 0 bridgehead atoms. The summed E-state index contributed by atoms with van der Waals surface area (Å²) in [5, 5.41) is 20.6. The quantitative estimate of drug-likeness (QED) is 0.119. The third-order valence-corrected chi connectivity index (χ3v) is 20.8. The Hall–Kier alpha value is -7.24. The monoisotopic (exact) mass is 773 g/mol. The smallest absolute Gasteiger partial charge is 0.219 e. The number of benzene rings is 8. The summed E-state index contributed by atoms with van der Waals surface area (Å²) in [5.74, 6) is 0.138. The van der Waals surface area contributed by atoms with E-state index in [0.717, 1.165) is 11.1 Å². The lowest BCUT2D eigenvalue weighted by atomic mass is 10.1. The maximum absolute atomic E-state index is 10.4. The van der Waals surface area contributed by atoms with Crippen LogP contribution in [0.1, 0.15) is 5.82 Å². The molecule has 0 N–H and O–H groups in total. The van der Waals surface area contributed by atoms with Gasteiger partial charge in [-0.2, -0.15) is 5.26 Å². The van der Waals surface area contributed by atoms with Crippen LogP contribution in [0, 0.1) is 11.3 Å². The van der Waals surface area contributed by atoms with Gasteiger partial charge in [0.25, 0.3) is 0 Å². The summed E-state index contributed by atoms with van der Waals surface area (Å²) in [5.41, 5.74) is 3.30. The molecule has 8 aromatic carbocycles. The van der Waals surface area contributed by atoms with Gasteiger partial charge in [0, 0.05) is 11.1 Å². The highest BCUT2D eigenvalue weighted by Gasteiger charge is 2.42. The zero-order chi connectivity index (χ0) is 39.2. The van der Waals surface area contributed by atoms with E-state index in [2.05, 4.69) is 237 Å². The second-order valence-electron chi connectivity index (χ2n) is 14.4. The number of nitrogens with zero attached hydrogens (tertiary/aromatic N) is 3. The van der Waals surface area contributed by atoms with Crippen LogP contribution in [0.2, 0.25) is 0 Å². The van der Waals surface area contributed by atoms with Gasteiger partial charge >= 0.3 is 0 Å². The lowest BCUT2D eigenvalue weighted by Crippen LogP contribution is -2.74. The molecule has 0 radical (unpaired) electrons. The molecule has 0 fully saturated rings. The highest BCUT2D eigenvalue weighted by molar-refractivity contribution is 7.20. The summed E-state index contributed by atoms with van der Waals surface area (Å²) >= 11 is 0. The van der Waals surface area contributed by atoms with Crippen molar-refractivity contribution in [3.8, 4) is 28.6 Å². The lowest BCUT2D eigenvalue weighted by molar-refractivity contribution is 1.12. The van der Waals surface area contributed by atoms with Crippen LogP contribution < -0.4 is 41.5 Å². The Balaban J connectivity index is 1.23. The van der Waals surface area contributed by atoms with Gasteiger partial charge in [0.2, 0.25) is 5.82 Å². The summed E-state index contributed by atoms with van der Waals surface area (Å²) in [6.45, 7) is 0. The Morgan fingerprint density at radius 1 is 0.293 bits per heavy atom. The average molecular weight is 774 g/mol. The second kappa shape index (κ2) is 16.1. The average Bonchev–Trinajstić information content (AvgIpc) is 3.32. The normalized spacial score (nSPS) is 11.4. The van der Waals surface area contributed by atoms with E-state index in [0.29, 0.717) is 11.4 Å². The Morgan fingerprint density at radius 3 is 0.810 bits per heavy atom. The minimum absolute atomic E-state index is 0.138. The van der Waals surface area contributed by atoms with Gasteiger partial charge in [0.15, 0.2) is 16.1 Å². The van der Waals surface area contributed by atoms with Crippen molar-refractivity contribution in [2.45, 2.75) is 0 Å². The molecule has 58 heavy (non-hydrogen) atoms. The van der Waals surface area contributed by atoms with Gasteiger partial charge in [-0.25, -0.2) is 9.97 Å². The van der Waals surface area contributed by atoms with Crippen molar-refractivity contribution in [1.82, 2.24) is 9.97 Å². The third-order valence-electron chi connectivity index (χ3n) is 11.2. The van der Waals surface area contributed by atoms with Crippen LogP contribution in [0.15, 0.2) is 237 Å². The molecule has 5 heteroatoms. The first-order valence-electron chi connectivity index (χ1n) is 19.6. The molecule has 3 nitrogen and oxygen atoms in total. The highest BCUT2D eigenvalue weighted by atomic mass is 28.3. The Bertz CT molecular complexity index is 2450. The first-order valence-corrected chi connectivity index (χ1v) is 23.6. The molecule has 9 aromatic rings. The molecule has 1 aromatic heterocycles.